The smallest absolute Gasteiger partial charge is 0.0493 e. The van der Waals surface area contributed by atoms with E-state index in [9.17, 15) is 0 Å². The summed E-state index contributed by atoms with van der Waals surface area (Å²) in [6.45, 7) is 4.17. The van der Waals surface area contributed by atoms with Crippen molar-refractivity contribution in [3.05, 3.63) is 64.1 Å². The van der Waals surface area contributed by atoms with E-state index in [2.05, 4.69) is 72.2 Å². The summed E-state index contributed by atoms with van der Waals surface area (Å²) in [6.07, 6.45) is 0. The Kier molecular flexibility index (Phi) is 5.08. The largest absolute Gasteiger partial charge is 0.327 e. The quantitative estimate of drug-likeness (QED) is 0.801. The molecule has 0 radical (unpaired) electrons. The zero-order valence-electron chi connectivity index (χ0n) is 11.1. The van der Waals surface area contributed by atoms with Crippen molar-refractivity contribution in [2.24, 2.45) is 5.73 Å². The molecule has 0 saturated carbocycles. The van der Waals surface area contributed by atoms with Crippen LogP contribution in [-0.2, 0) is 0 Å². The van der Waals surface area contributed by atoms with Crippen LogP contribution in [0.15, 0.2) is 57.9 Å². The van der Waals surface area contributed by atoms with E-state index in [4.69, 9.17) is 5.73 Å². The molecule has 2 aromatic carbocycles. The van der Waals surface area contributed by atoms with Gasteiger partial charge in [0.25, 0.3) is 0 Å². The second-order valence-electron chi connectivity index (χ2n) is 4.74. The molecule has 0 bridgehead atoms. The van der Waals surface area contributed by atoms with E-state index in [1.165, 1.54) is 16.0 Å². The first-order chi connectivity index (χ1) is 9.08. The average Bonchev–Trinajstić information content (AvgIpc) is 2.39. The van der Waals surface area contributed by atoms with E-state index in [1.807, 2.05) is 17.8 Å². The lowest BCUT2D eigenvalue weighted by Crippen LogP contribution is -2.22. The van der Waals surface area contributed by atoms with Crippen molar-refractivity contribution in [2.45, 2.75) is 30.0 Å². The minimum atomic E-state index is 0.0970. The summed E-state index contributed by atoms with van der Waals surface area (Å²) in [5.41, 5.74) is 8.72. The minimum absolute atomic E-state index is 0.0970. The van der Waals surface area contributed by atoms with Crippen LogP contribution in [0.25, 0.3) is 0 Å². The number of hydrogen-bond donors (Lipinski definition) is 1. The molecule has 2 N–H and O–H groups in total. The van der Waals surface area contributed by atoms with Crippen molar-refractivity contribution in [1.82, 2.24) is 0 Å². The zero-order chi connectivity index (χ0) is 13.8. The lowest BCUT2D eigenvalue weighted by atomic mass is 10.1. The standard InChI is InChI=1S/C16H18BrNS/c1-11-7-9-13(10-8-11)16(12(2)18)19-15-6-4-3-5-14(15)17/h3-10,12,16H,18H2,1-2H3. The van der Waals surface area contributed by atoms with Crippen LogP contribution in [-0.4, -0.2) is 6.04 Å². The first-order valence-electron chi connectivity index (χ1n) is 6.31. The van der Waals surface area contributed by atoms with Gasteiger partial charge in [0.2, 0.25) is 0 Å². The maximum Gasteiger partial charge on any atom is 0.0493 e. The summed E-state index contributed by atoms with van der Waals surface area (Å²) in [7, 11) is 0. The van der Waals surface area contributed by atoms with Crippen LogP contribution in [0.3, 0.4) is 0 Å². The van der Waals surface area contributed by atoms with Crippen molar-refractivity contribution in [1.29, 1.82) is 0 Å². The highest BCUT2D eigenvalue weighted by atomic mass is 79.9. The second kappa shape index (κ2) is 6.60. The first kappa shape index (κ1) is 14.6. The summed E-state index contributed by atoms with van der Waals surface area (Å²) in [6, 6.07) is 17.0. The van der Waals surface area contributed by atoms with Crippen LogP contribution in [0, 0.1) is 6.92 Å². The van der Waals surface area contributed by atoms with Gasteiger partial charge in [-0.15, -0.1) is 11.8 Å². The fourth-order valence-corrected chi connectivity index (χ4v) is 3.60. The van der Waals surface area contributed by atoms with Gasteiger partial charge in [-0.25, -0.2) is 0 Å². The molecular weight excluding hydrogens is 318 g/mol. The third-order valence-corrected chi connectivity index (χ3v) is 5.49. The van der Waals surface area contributed by atoms with Gasteiger partial charge in [0.1, 0.15) is 0 Å². The van der Waals surface area contributed by atoms with Crippen molar-refractivity contribution in [2.75, 3.05) is 0 Å². The van der Waals surface area contributed by atoms with Crippen LogP contribution in [0.5, 0.6) is 0 Å². The molecule has 0 aliphatic carbocycles. The lowest BCUT2D eigenvalue weighted by Gasteiger charge is -2.21. The van der Waals surface area contributed by atoms with Gasteiger partial charge in [0.05, 0.1) is 0 Å². The molecule has 0 aliphatic rings. The van der Waals surface area contributed by atoms with Crippen molar-refractivity contribution in [3.63, 3.8) is 0 Å². The Morgan fingerprint density at radius 3 is 2.26 bits per heavy atom. The molecule has 0 spiro atoms. The molecule has 0 aliphatic heterocycles. The number of thioether (sulfide) groups is 1. The van der Waals surface area contributed by atoms with Crippen LogP contribution >= 0.6 is 27.7 Å². The Morgan fingerprint density at radius 1 is 1.05 bits per heavy atom. The summed E-state index contributed by atoms with van der Waals surface area (Å²) >= 11 is 5.41. The Hall–Kier alpha value is -0.770. The number of aryl methyl sites for hydroxylation is 1. The van der Waals surface area contributed by atoms with Gasteiger partial charge in [0, 0.05) is 20.7 Å². The molecule has 2 atom stereocenters. The van der Waals surface area contributed by atoms with E-state index >= 15 is 0 Å². The van der Waals surface area contributed by atoms with Crippen molar-refractivity contribution < 1.29 is 0 Å². The molecule has 0 aromatic heterocycles. The van der Waals surface area contributed by atoms with Gasteiger partial charge in [-0.3, -0.25) is 0 Å². The molecule has 0 amide bonds. The van der Waals surface area contributed by atoms with Gasteiger partial charge < -0.3 is 5.73 Å². The summed E-state index contributed by atoms with van der Waals surface area (Å²) in [5.74, 6) is 0. The molecule has 19 heavy (non-hydrogen) atoms. The molecular formula is C16H18BrNS. The lowest BCUT2D eigenvalue weighted by molar-refractivity contribution is 0.721. The third kappa shape index (κ3) is 3.85. The van der Waals surface area contributed by atoms with Gasteiger partial charge in [-0.2, -0.15) is 0 Å². The SMILES string of the molecule is Cc1ccc(C(Sc2ccccc2Br)C(C)N)cc1. The molecule has 2 aromatic rings. The Balaban J connectivity index is 2.26. The third-order valence-electron chi connectivity index (χ3n) is 2.97. The Bertz CT molecular complexity index is 537. The molecule has 2 unspecified atom stereocenters. The first-order valence-corrected chi connectivity index (χ1v) is 7.98. The van der Waals surface area contributed by atoms with Gasteiger partial charge in [-0.05, 0) is 47.5 Å². The summed E-state index contributed by atoms with van der Waals surface area (Å²) in [5, 5.41) is 0.263. The number of hydrogen-bond acceptors (Lipinski definition) is 2. The molecule has 0 saturated heterocycles. The average molecular weight is 336 g/mol. The van der Waals surface area contributed by atoms with Crippen LogP contribution in [0.2, 0.25) is 0 Å². The van der Waals surface area contributed by atoms with Gasteiger partial charge >= 0.3 is 0 Å². The topological polar surface area (TPSA) is 26.0 Å². The molecule has 3 heteroatoms. The molecule has 0 fully saturated rings. The molecule has 1 nitrogen and oxygen atoms in total. The second-order valence-corrected chi connectivity index (χ2v) is 6.78. The number of nitrogens with two attached hydrogens (primary N) is 1. The van der Waals surface area contributed by atoms with Gasteiger partial charge in [0.15, 0.2) is 0 Å². The predicted octanol–water partition coefficient (Wildman–Crippen LogP) is 4.94. The van der Waals surface area contributed by atoms with Crippen molar-refractivity contribution >= 4 is 27.7 Å². The monoisotopic (exact) mass is 335 g/mol. The zero-order valence-corrected chi connectivity index (χ0v) is 13.5. The van der Waals surface area contributed by atoms with E-state index < -0.39 is 0 Å². The minimum Gasteiger partial charge on any atom is -0.327 e. The highest BCUT2D eigenvalue weighted by Crippen LogP contribution is 2.40. The van der Waals surface area contributed by atoms with Crippen molar-refractivity contribution in [3.8, 4) is 0 Å². The van der Waals surface area contributed by atoms with E-state index in [1.54, 1.807) is 0 Å². The summed E-state index contributed by atoms with van der Waals surface area (Å²) < 4.78 is 1.12. The van der Waals surface area contributed by atoms with Gasteiger partial charge in [-0.1, -0.05) is 42.0 Å². The van der Waals surface area contributed by atoms with Crippen LogP contribution < -0.4 is 5.73 Å². The highest BCUT2D eigenvalue weighted by Gasteiger charge is 2.18. The number of benzene rings is 2. The molecule has 100 valence electrons. The van der Waals surface area contributed by atoms with E-state index in [-0.39, 0.29) is 11.3 Å². The Morgan fingerprint density at radius 2 is 1.68 bits per heavy atom. The summed E-state index contributed by atoms with van der Waals surface area (Å²) in [4.78, 5) is 1.23. The van der Waals surface area contributed by atoms with Crippen LogP contribution in [0.4, 0.5) is 0 Å². The molecule has 2 rings (SSSR count). The predicted molar refractivity (Wildman–Crippen MR) is 87.6 cm³/mol. The van der Waals surface area contributed by atoms with E-state index in [0.29, 0.717) is 0 Å². The maximum absolute atomic E-state index is 6.17. The number of rotatable bonds is 4. The normalized spacial score (nSPS) is 14.1. The molecule has 0 heterocycles. The number of halogens is 1. The fourth-order valence-electron chi connectivity index (χ4n) is 1.91. The maximum atomic E-state index is 6.17. The highest BCUT2D eigenvalue weighted by molar-refractivity contribution is 9.10. The fraction of sp³-hybridized carbons (Fsp3) is 0.250. The van der Waals surface area contributed by atoms with E-state index in [0.717, 1.165) is 4.47 Å². The Labute approximate surface area is 127 Å². The van der Waals surface area contributed by atoms with Crippen LogP contribution in [0.1, 0.15) is 23.3 Å².